The molecular weight excluding hydrogens is 456 g/mol. The van der Waals surface area contributed by atoms with Gasteiger partial charge in [0.05, 0.1) is 18.0 Å². The van der Waals surface area contributed by atoms with Crippen molar-refractivity contribution in [2.45, 2.75) is 30.8 Å². The molecule has 1 atom stereocenters. The predicted molar refractivity (Wildman–Crippen MR) is 126 cm³/mol. The monoisotopic (exact) mass is 482 g/mol. The molecule has 0 fully saturated rings. The Labute approximate surface area is 198 Å². The number of sulfonamides is 1. The van der Waals surface area contributed by atoms with Gasteiger partial charge in [0.25, 0.3) is 0 Å². The molecule has 8 nitrogen and oxygen atoms in total. The van der Waals surface area contributed by atoms with Crippen LogP contribution in [0, 0.1) is 6.92 Å². The summed E-state index contributed by atoms with van der Waals surface area (Å²) in [5, 5.41) is 2.85. The molecule has 0 bridgehead atoms. The van der Waals surface area contributed by atoms with Crippen LogP contribution in [-0.2, 0) is 21.4 Å². The number of rotatable bonds is 9. The summed E-state index contributed by atoms with van der Waals surface area (Å²) in [5.74, 6) is 1.63. The van der Waals surface area contributed by atoms with Crippen molar-refractivity contribution < 1.29 is 27.4 Å². The first-order valence-electron chi connectivity index (χ1n) is 10.7. The maximum Gasteiger partial charge on any atom is 0.241 e. The van der Waals surface area contributed by atoms with Crippen LogP contribution in [0.2, 0.25) is 0 Å². The highest BCUT2D eigenvalue weighted by molar-refractivity contribution is 7.89. The van der Waals surface area contributed by atoms with E-state index in [9.17, 15) is 13.2 Å². The first kappa shape index (κ1) is 23.6. The van der Waals surface area contributed by atoms with Gasteiger partial charge >= 0.3 is 0 Å². The molecule has 34 heavy (non-hydrogen) atoms. The highest BCUT2D eigenvalue weighted by Gasteiger charge is 2.24. The lowest BCUT2D eigenvalue weighted by molar-refractivity contribution is -0.121. The SMILES string of the molecule is COc1ccc(C(CC(=O)NCc2ccc3c(c2)OCO3)NS(=O)(=O)c2ccc(C)cc2)cc1. The minimum absolute atomic E-state index is 0.0814. The van der Waals surface area contributed by atoms with E-state index in [1.807, 2.05) is 19.1 Å². The van der Waals surface area contributed by atoms with Crippen LogP contribution in [-0.4, -0.2) is 28.2 Å². The van der Waals surface area contributed by atoms with Crippen LogP contribution in [0.3, 0.4) is 0 Å². The third kappa shape index (κ3) is 5.67. The second kappa shape index (κ2) is 10.1. The smallest absolute Gasteiger partial charge is 0.241 e. The third-order valence-electron chi connectivity index (χ3n) is 5.46. The topological polar surface area (TPSA) is 103 Å². The minimum Gasteiger partial charge on any atom is -0.497 e. The van der Waals surface area contributed by atoms with Crippen LogP contribution in [0.5, 0.6) is 17.2 Å². The van der Waals surface area contributed by atoms with Gasteiger partial charge in [-0.15, -0.1) is 0 Å². The lowest BCUT2D eigenvalue weighted by Gasteiger charge is -2.20. The van der Waals surface area contributed by atoms with E-state index in [-0.39, 0.29) is 30.6 Å². The number of amides is 1. The summed E-state index contributed by atoms with van der Waals surface area (Å²) in [6.07, 6.45) is -0.0814. The van der Waals surface area contributed by atoms with E-state index in [1.54, 1.807) is 61.7 Å². The van der Waals surface area contributed by atoms with Gasteiger partial charge in [-0.3, -0.25) is 4.79 Å². The molecular formula is C25H26N2O6S. The largest absolute Gasteiger partial charge is 0.497 e. The highest BCUT2D eigenvalue weighted by Crippen LogP contribution is 2.32. The van der Waals surface area contributed by atoms with Gasteiger partial charge in [0.15, 0.2) is 11.5 Å². The number of aryl methyl sites for hydroxylation is 1. The van der Waals surface area contributed by atoms with Gasteiger partial charge in [-0.25, -0.2) is 13.1 Å². The minimum atomic E-state index is -3.85. The summed E-state index contributed by atoms with van der Waals surface area (Å²) in [7, 11) is -2.30. The molecule has 1 unspecified atom stereocenters. The molecule has 1 aliphatic rings. The number of benzene rings is 3. The fraction of sp³-hybridized carbons (Fsp3) is 0.240. The van der Waals surface area contributed by atoms with Gasteiger partial charge in [-0.05, 0) is 54.4 Å². The molecule has 0 saturated heterocycles. The second-order valence-corrected chi connectivity index (χ2v) is 9.64. The number of hydrogen-bond donors (Lipinski definition) is 2. The molecule has 3 aromatic carbocycles. The Kier molecular flexibility index (Phi) is 7.04. The van der Waals surface area contributed by atoms with Crippen molar-refractivity contribution in [3.05, 3.63) is 83.4 Å². The van der Waals surface area contributed by atoms with E-state index < -0.39 is 16.1 Å². The van der Waals surface area contributed by atoms with Crippen molar-refractivity contribution in [1.82, 2.24) is 10.0 Å². The Bertz CT molecular complexity index is 1260. The van der Waals surface area contributed by atoms with E-state index >= 15 is 0 Å². The van der Waals surface area contributed by atoms with Crippen LogP contribution in [0.4, 0.5) is 0 Å². The van der Waals surface area contributed by atoms with E-state index in [0.29, 0.717) is 22.8 Å². The lowest BCUT2D eigenvalue weighted by atomic mass is 10.0. The number of fused-ring (bicyclic) bond motifs is 1. The predicted octanol–water partition coefficient (Wildman–Crippen LogP) is 3.46. The average molecular weight is 483 g/mol. The third-order valence-corrected chi connectivity index (χ3v) is 6.95. The Morgan fingerprint density at radius 2 is 1.71 bits per heavy atom. The summed E-state index contributed by atoms with van der Waals surface area (Å²) >= 11 is 0. The van der Waals surface area contributed by atoms with E-state index in [2.05, 4.69) is 10.0 Å². The van der Waals surface area contributed by atoms with Crippen LogP contribution in [0.15, 0.2) is 71.6 Å². The van der Waals surface area contributed by atoms with Crippen LogP contribution in [0.25, 0.3) is 0 Å². The Morgan fingerprint density at radius 1 is 1.00 bits per heavy atom. The maximum absolute atomic E-state index is 13.0. The molecule has 4 rings (SSSR count). The number of ether oxygens (including phenoxy) is 3. The van der Waals surface area contributed by atoms with Crippen LogP contribution in [0.1, 0.15) is 29.2 Å². The highest BCUT2D eigenvalue weighted by atomic mass is 32.2. The molecule has 0 saturated carbocycles. The van der Waals surface area contributed by atoms with Crippen molar-refractivity contribution >= 4 is 15.9 Å². The average Bonchev–Trinajstić information content (AvgIpc) is 3.30. The summed E-state index contributed by atoms with van der Waals surface area (Å²) in [6.45, 7) is 2.33. The second-order valence-electron chi connectivity index (χ2n) is 7.93. The van der Waals surface area contributed by atoms with E-state index in [1.165, 1.54) is 0 Å². The Hall–Kier alpha value is -3.56. The number of nitrogens with one attached hydrogen (secondary N) is 2. The standard InChI is InChI=1S/C25H26N2O6S/c1-17-3-10-21(11-4-17)34(29,30)27-22(19-6-8-20(31-2)9-7-19)14-25(28)26-15-18-5-12-23-24(13-18)33-16-32-23/h3-13,22,27H,14-16H2,1-2H3,(H,26,28). The van der Waals surface area contributed by atoms with Crippen molar-refractivity contribution in [3.63, 3.8) is 0 Å². The van der Waals surface area contributed by atoms with Gasteiger partial charge in [-0.2, -0.15) is 0 Å². The molecule has 1 heterocycles. The molecule has 3 aromatic rings. The first-order valence-corrected chi connectivity index (χ1v) is 12.2. The zero-order valence-electron chi connectivity index (χ0n) is 18.9. The zero-order chi connectivity index (χ0) is 24.1. The van der Waals surface area contributed by atoms with Gasteiger partial charge in [-0.1, -0.05) is 35.9 Å². The number of methoxy groups -OCH3 is 1. The normalized spacial score (nSPS) is 13.4. The molecule has 1 amide bonds. The van der Waals surface area contributed by atoms with Gasteiger partial charge < -0.3 is 19.5 Å². The van der Waals surface area contributed by atoms with Gasteiger partial charge in [0.2, 0.25) is 22.7 Å². The molecule has 9 heteroatoms. The molecule has 178 valence electrons. The fourth-order valence-corrected chi connectivity index (χ4v) is 4.77. The van der Waals surface area contributed by atoms with Crippen molar-refractivity contribution in [3.8, 4) is 17.2 Å². The Morgan fingerprint density at radius 3 is 2.41 bits per heavy atom. The first-order chi connectivity index (χ1) is 16.3. The zero-order valence-corrected chi connectivity index (χ0v) is 19.7. The molecule has 1 aliphatic heterocycles. The number of carbonyl (C=O) groups excluding carboxylic acids is 1. The van der Waals surface area contributed by atoms with Crippen LogP contribution >= 0.6 is 0 Å². The maximum atomic E-state index is 13.0. The van der Waals surface area contributed by atoms with Crippen molar-refractivity contribution in [1.29, 1.82) is 0 Å². The van der Waals surface area contributed by atoms with Crippen molar-refractivity contribution in [2.24, 2.45) is 0 Å². The summed E-state index contributed by atoms with van der Waals surface area (Å²) in [6, 6.07) is 18.2. The molecule has 0 spiro atoms. The van der Waals surface area contributed by atoms with Crippen molar-refractivity contribution in [2.75, 3.05) is 13.9 Å². The quantitative estimate of drug-likeness (QED) is 0.484. The summed E-state index contributed by atoms with van der Waals surface area (Å²) in [5.41, 5.74) is 2.45. The molecule has 2 N–H and O–H groups in total. The fourth-order valence-electron chi connectivity index (χ4n) is 3.55. The van der Waals surface area contributed by atoms with Gasteiger partial charge in [0, 0.05) is 13.0 Å². The summed E-state index contributed by atoms with van der Waals surface area (Å²) < 4.78 is 44.6. The molecule has 0 aromatic heterocycles. The lowest BCUT2D eigenvalue weighted by Crippen LogP contribution is -2.33. The van der Waals surface area contributed by atoms with E-state index in [0.717, 1.165) is 11.1 Å². The van der Waals surface area contributed by atoms with E-state index in [4.69, 9.17) is 14.2 Å². The molecule has 0 aliphatic carbocycles. The molecule has 0 radical (unpaired) electrons. The number of carbonyl (C=O) groups is 1. The summed E-state index contributed by atoms with van der Waals surface area (Å²) in [4.78, 5) is 12.9. The van der Waals surface area contributed by atoms with Gasteiger partial charge in [0.1, 0.15) is 5.75 Å². The van der Waals surface area contributed by atoms with Crippen LogP contribution < -0.4 is 24.2 Å². The Balaban J connectivity index is 1.49. The number of hydrogen-bond acceptors (Lipinski definition) is 6.